The number of hydrogen-bond donors (Lipinski definition) is 1. The fraction of sp³-hybridized carbons (Fsp3) is 0.238. The molecule has 2 heterocycles. The lowest BCUT2D eigenvalue weighted by Crippen LogP contribution is -2.27. The molecule has 0 spiro atoms. The maximum atomic E-state index is 12.8. The van der Waals surface area contributed by atoms with Gasteiger partial charge in [0.05, 0.1) is 6.54 Å². The van der Waals surface area contributed by atoms with Crippen LogP contribution in [0.5, 0.6) is 0 Å². The zero-order valence-corrected chi connectivity index (χ0v) is 14.7. The molecule has 132 valence electrons. The van der Waals surface area contributed by atoms with E-state index in [0.29, 0.717) is 12.3 Å². The van der Waals surface area contributed by atoms with Gasteiger partial charge >= 0.3 is 0 Å². The van der Waals surface area contributed by atoms with Gasteiger partial charge in [-0.25, -0.2) is 0 Å². The van der Waals surface area contributed by atoms with Crippen molar-refractivity contribution in [2.75, 3.05) is 13.6 Å². The lowest BCUT2D eigenvalue weighted by atomic mass is 9.98. The molecule has 0 aliphatic carbocycles. The van der Waals surface area contributed by atoms with Gasteiger partial charge in [0, 0.05) is 30.8 Å². The van der Waals surface area contributed by atoms with E-state index in [0.717, 1.165) is 36.3 Å². The minimum atomic E-state index is -0.0102. The summed E-state index contributed by atoms with van der Waals surface area (Å²) in [7, 11) is 1.79. The van der Waals surface area contributed by atoms with Crippen LogP contribution in [0.4, 0.5) is 0 Å². The van der Waals surface area contributed by atoms with Gasteiger partial charge in [-0.1, -0.05) is 41.6 Å². The summed E-state index contributed by atoms with van der Waals surface area (Å²) < 4.78 is 5.41. The number of carbonyl (C=O) groups excluding carboxylic acids is 1. The number of hydrogen-bond acceptors (Lipinski definition) is 4. The summed E-state index contributed by atoms with van der Waals surface area (Å²) in [4.78, 5) is 14.4. The Bertz CT molecular complexity index is 918. The molecule has 0 atom stereocenters. The fourth-order valence-corrected chi connectivity index (χ4v) is 3.27. The molecule has 5 heteroatoms. The minimum Gasteiger partial charge on any atom is -0.359 e. The predicted molar refractivity (Wildman–Crippen MR) is 99.6 cm³/mol. The zero-order valence-electron chi connectivity index (χ0n) is 14.7. The second-order valence-electron chi connectivity index (χ2n) is 6.62. The van der Waals surface area contributed by atoms with Crippen LogP contribution in [0, 0.1) is 0 Å². The van der Waals surface area contributed by atoms with Crippen LogP contribution in [0.1, 0.15) is 27.2 Å². The summed E-state index contributed by atoms with van der Waals surface area (Å²) in [5.74, 6) is 0.658. The standard InChI is InChI=1S/C21H21N3O2/c1-24(14-19-12-20(23-26-19)15-5-3-2-4-6-15)21(25)17-7-8-18-13-22-10-9-16(18)11-17/h2-8,11-12,22H,9-10,13-14H2,1H3. The summed E-state index contributed by atoms with van der Waals surface area (Å²) in [6.45, 7) is 2.22. The van der Waals surface area contributed by atoms with Crippen LogP contribution in [0.3, 0.4) is 0 Å². The Labute approximate surface area is 152 Å². The first kappa shape index (κ1) is 16.5. The van der Waals surface area contributed by atoms with Crippen LogP contribution in [-0.4, -0.2) is 29.6 Å². The smallest absolute Gasteiger partial charge is 0.254 e. The quantitative estimate of drug-likeness (QED) is 0.787. The topological polar surface area (TPSA) is 58.4 Å². The first-order valence-electron chi connectivity index (χ1n) is 8.80. The highest BCUT2D eigenvalue weighted by Crippen LogP contribution is 2.21. The van der Waals surface area contributed by atoms with E-state index in [4.69, 9.17) is 4.52 Å². The van der Waals surface area contributed by atoms with Gasteiger partial charge in [-0.05, 0) is 36.2 Å². The summed E-state index contributed by atoms with van der Waals surface area (Å²) >= 11 is 0. The van der Waals surface area contributed by atoms with Crippen LogP contribution < -0.4 is 5.32 Å². The van der Waals surface area contributed by atoms with Gasteiger partial charge in [0.25, 0.3) is 5.91 Å². The second-order valence-corrected chi connectivity index (χ2v) is 6.62. The van der Waals surface area contributed by atoms with Crippen LogP contribution >= 0.6 is 0 Å². The van der Waals surface area contributed by atoms with Crippen LogP contribution in [0.2, 0.25) is 0 Å². The molecule has 1 N–H and O–H groups in total. The Morgan fingerprint density at radius 1 is 1.15 bits per heavy atom. The van der Waals surface area contributed by atoms with Crippen molar-refractivity contribution in [2.45, 2.75) is 19.5 Å². The van der Waals surface area contributed by atoms with Gasteiger partial charge < -0.3 is 14.7 Å². The van der Waals surface area contributed by atoms with Crippen molar-refractivity contribution in [3.63, 3.8) is 0 Å². The molecule has 26 heavy (non-hydrogen) atoms. The average Bonchev–Trinajstić information content (AvgIpc) is 3.16. The molecule has 5 nitrogen and oxygen atoms in total. The van der Waals surface area contributed by atoms with E-state index in [1.54, 1.807) is 11.9 Å². The minimum absolute atomic E-state index is 0.0102. The van der Waals surface area contributed by atoms with Crippen molar-refractivity contribution < 1.29 is 9.32 Å². The van der Waals surface area contributed by atoms with Crippen molar-refractivity contribution in [3.8, 4) is 11.3 Å². The van der Waals surface area contributed by atoms with E-state index in [2.05, 4.69) is 10.5 Å². The third-order valence-corrected chi connectivity index (χ3v) is 4.71. The number of nitrogens with one attached hydrogen (secondary N) is 1. The van der Waals surface area contributed by atoms with Gasteiger partial charge in [-0.3, -0.25) is 4.79 Å². The largest absolute Gasteiger partial charge is 0.359 e. The Kier molecular flexibility index (Phi) is 4.54. The van der Waals surface area contributed by atoms with Gasteiger partial charge in [0.2, 0.25) is 0 Å². The van der Waals surface area contributed by atoms with E-state index in [9.17, 15) is 4.79 Å². The molecule has 0 radical (unpaired) electrons. The molecule has 0 bridgehead atoms. The van der Waals surface area contributed by atoms with E-state index < -0.39 is 0 Å². The molecule has 0 saturated heterocycles. The molecular formula is C21H21N3O2. The first-order valence-corrected chi connectivity index (χ1v) is 8.80. The number of carbonyl (C=O) groups is 1. The van der Waals surface area contributed by atoms with Crippen LogP contribution in [0.15, 0.2) is 59.1 Å². The lowest BCUT2D eigenvalue weighted by molar-refractivity contribution is 0.0772. The molecule has 3 aromatic rings. The molecule has 2 aromatic carbocycles. The number of rotatable bonds is 4. The SMILES string of the molecule is CN(Cc1cc(-c2ccccc2)no1)C(=O)c1ccc2c(c1)CCNC2. The molecule has 1 aromatic heterocycles. The molecule has 1 aliphatic rings. The summed E-state index contributed by atoms with van der Waals surface area (Å²) in [6.07, 6.45) is 0.961. The molecule has 4 rings (SSSR count). The maximum absolute atomic E-state index is 12.8. The van der Waals surface area contributed by atoms with Gasteiger partial charge in [-0.15, -0.1) is 0 Å². The van der Waals surface area contributed by atoms with Crippen molar-refractivity contribution in [1.29, 1.82) is 0 Å². The van der Waals surface area contributed by atoms with E-state index in [1.165, 1.54) is 11.1 Å². The number of benzene rings is 2. The molecule has 0 unspecified atom stereocenters. The number of amides is 1. The Hall–Kier alpha value is -2.92. The van der Waals surface area contributed by atoms with Crippen molar-refractivity contribution in [2.24, 2.45) is 0 Å². The maximum Gasteiger partial charge on any atom is 0.254 e. The normalized spacial score (nSPS) is 13.3. The molecular weight excluding hydrogens is 326 g/mol. The number of aromatic nitrogens is 1. The second kappa shape index (κ2) is 7.14. The highest BCUT2D eigenvalue weighted by molar-refractivity contribution is 5.94. The van der Waals surface area contributed by atoms with Crippen molar-refractivity contribution in [1.82, 2.24) is 15.4 Å². The third kappa shape index (κ3) is 3.39. The average molecular weight is 347 g/mol. The zero-order chi connectivity index (χ0) is 17.9. The van der Waals surface area contributed by atoms with Gasteiger partial charge in [-0.2, -0.15) is 0 Å². The highest BCUT2D eigenvalue weighted by atomic mass is 16.5. The van der Waals surface area contributed by atoms with Crippen molar-refractivity contribution >= 4 is 5.91 Å². The molecule has 1 aliphatic heterocycles. The lowest BCUT2D eigenvalue weighted by Gasteiger charge is -2.20. The van der Waals surface area contributed by atoms with Gasteiger partial charge in [0.15, 0.2) is 5.76 Å². The first-order chi connectivity index (χ1) is 12.7. The summed E-state index contributed by atoms with van der Waals surface area (Å²) in [6, 6.07) is 17.7. The van der Waals surface area contributed by atoms with Crippen molar-refractivity contribution in [3.05, 3.63) is 77.0 Å². The Morgan fingerprint density at radius 2 is 2.00 bits per heavy atom. The van der Waals surface area contributed by atoms with E-state index in [-0.39, 0.29) is 5.91 Å². The molecule has 1 amide bonds. The number of fused-ring (bicyclic) bond motifs is 1. The molecule has 0 fully saturated rings. The molecule has 0 saturated carbocycles. The predicted octanol–water partition coefficient (Wildman–Crippen LogP) is 3.26. The Balaban J connectivity index is 1.47. The highest BCUT2D eigenvalue weighted by Gasteiger charge is 2.17. The van der Waals surface area contributed by atoms with E-state index >= 15 is 0 Å². The fourth-order valence-electron chi connectivity index (χ4n) is 3.27. The Morgan fingerprint density at radius 3 is 2.85 bits per heavy atom. The monoisotopic (exact) mass is 347 g/mol. The number of nitrogens with zero attached hydrogens (tertiary/aromatic N) is 2. The van der Waals surface area contributed by atoms with E-state index in [1.807, 2.05) is 54.6 Å². The summed E-state index contributed by atoms with van der Waals surface area (Å²) in [5.41, 5.74) is 5.03. The van der Waals surface area contributed by atoms with Crippen LogP contribution in [0.25, 0.3) is 11.3 Å². The summed E-state index contributed by atoms with van der Waals surface area (Å²) in [5, 5.41) is 7.46. The third-order valence-electron chi connectivity index (χ3n) is 4.71. The van der Waals surface area contributed by atoms with Crippen LogP contribution in [-0.2, 0) is 19.5 Å². The van der Waals surface area contributed by atoms with Gasteiger partial charge in [0.1, 0.15) is 5.69 Å².